The van der Waals surface area contributed by atoms with E-state index in [-0.39, 0.29) is 5.54 Å². The van der Waals surface area contributed by atoms with Gasteiger partial charge in [0, 0.05) is 12.1 Å². The van der Waals surface area contributed by atoms with Gasteiger partial charge in [-0.15, -0.1) is 0 Å². The van der Waals surface area contributed by atoms with Crippen molar-refractivity contribution < 1.29 is 14.7 Å². The van der Waals surface area contributed by atoms with Gasteiger partial charge in [-0.05, 0) is 40.8 Å². The number of carboxylic acid groups (broad SMARTS) is 1. The Kier molecular flexibility index (Phi) is 6.01. The average molecular weight is 299 g/mol. The van der Waals surface area contributed by atoms with E-state index in [9.17, 15) is 14.7 Å². The summed E-state index contributed by atoms with van der Waals surface area (Å²) < 4.78 is 0. The molecule has 0 spiro atoms. The molecular weight excluding hydrogens is 270 g/mol. The average Bonchev–Trinajstić information content (AvgIpc) is 2.63. The maximum absolute atomic E-state index is 12.1. The lowest BCUT2D eigenvalue weighted by Gasteiger charge is -2.34. The molecule has 0 aromatic rings. The molecule has 6 nitrogen and oxygen atoms in total. The molecule has 1 saturated carbocycles. The van der Waals surface area contributed by atoms with Crippen LogP contribution in [0.2, 0.25) is 0 Å². The van der Waals surface area contributed by atoms with Crippen LogP contribution in [0.5, 0.6) is 0 Å². The van der Waals surface area contributed by atoms with Gasteiger partial charge in [-0.2, -0.15) is 0 Å². The van der Waals surface area contributed by atoms with Crippen LogP contribution in [0.15, 0.2) is 0 Å². The van der Waals surface area contributed by atoms with E-state index >= 15 is 0 Å². The second-order valence-corrected chi connectivity index (χ2v) is 6.82. The largest absolute Gasteiger partial charge is 0.480 e. The summed E-state index contributed by atoms with van der Waals surface area (Å²) in [6.45, 7) is 4.50. The Morgan fingerprint density at radius 2 is 1.67 bits per heavy atom. The smallest absolute Gasteiger partial charge is 0.329 e. The van der Waals surface area contributed by atoms with Crippen molar-refractivity contribution in [2.75, 3.05) is 20.6 Å². The van der Waals surface area contributed by atoms with Crippen molar-refractivity contribution in [3.05, 3.63) is 0 Å². The van der Waals surface area contributed by atoms with Crippen LogP contribution < -0.4 is 10.6 Å². The Hall–Kier alpha value is -1.30. The van der Waals surface area contributed by atoms with Gasteiger partial charge in [0.05, 0.1) is 0 Å². The molecule has 0 heterocycles. The van der Waals surface area contributed by atoms with E-state index in [1.54, 1.807) is 0 Å². The maximum atomic E-state index is 12.1. The van der Waals surface area contributed by atoms with Crippen LogP contribution in [0.1, 0.15) is 52.4 Å². The van der Waals surface area contributed by atoms with Gasteiger partial charge in [-0.3, -0.25) is 0 Å². The zero-order chi connectivity index (χ0) is 16.1. The summed E-state index contributed by atoms with van der Waals surface area (Å²) in [5.74, 6) is -0.925. The number of carboxylic acids is 1. The molecule has 0 bridgehead atoms. The number of hydrogen-bond acceptors (Lipinski definition) is 3. The highest BCUT2D eigenvalue weighted by Crippen LogP contribution is 2.27. The van der Waals surface area contributed by atoms with E-state index in [1.807, 2.05) is 32.8 Å². The lowest BCUT2D eigenvalue weighted by molar-refractivity contribution is -0.145. The number of amides is 2. The van der Waals surface area contributed by atoms with Gasteiger partial charge in [-0.1, -0.05) is 25.7 Å². The van der Waals surface area contributed by atoms with Crippen molar-refractivity contribution in [2.45, 2.75) is 63.5 Å². The minimum absolute atomic E-state index is 0.183. The predicted molar refractivity (Wildman–Crippen MR) is 82.4 cm³/mol. The maximum Gasteiger partial charge on any atom is 0.329 e. The first-order chi connectivity index (χ1) is 9.69. The zero-order valence-corrected chi connectivity index (χ0v) is 13.7. The fraction of sp³-hybridized carbons (Fsp3) is 0.867. The fourth-order valence-corrected chi connectivity index (χ4v) is 2.44. The highest BCUT2D eigenvalue weighted by molar-refractivity contribution is 5.86. The number of nitrogens with zero attached hydrogens (tertiary/aromatic N) is 1. The fourth-order valence-electron chi connectivity index (χ4n) is 2.44. The Morgan fingerprint density at radius 1 is 1.14 bits per heavy atom. The molecule has 1 rings (SSSR count). The molecule has 0 aromatic carbocycles. The first kappa shape index (κ1) is 17.8. The SMILES string of the molecule is CN(C)C(C)(C)CNC(=O)NC1(C(=O)O)CCCCCC1. The molecule has 0 atom stereocenters. The van der Waals surface area contributed by atoms with E-state index in [0.717, 1.165) is 25.7 Å². The van der Waals surface area contributed by atoms with Crippen molar-refractivity contribution in [1.29, 1.82) is 0 Å². The molecule has 0 saturated heterocycles. The number of likely N-dealkylation sites (N-methyl/N-ethyl adjacent to an activating group) is 1. The molecule has 21 heavy (non-hydrogen) atoms. The third-order valence-corrected chi connectivity index (χ3v) is 4.61. The molecule has 6 heteroatoms. The molecule has 2 amide bonds. The van der Waals surface area contributed by atoms with Crippen LogP contribution in [0.3, 0.4) is 0 Å². The number of carbonyl (C=O) groups is 2. The first-order valence-electron chi connectivity index (χ1n) is 7.66. The summed E-state index contributed by atoms with van der Waals surface area (Å²) in [4.78, 5) is 25.7. The van der Waals surface area contributed by atoms with Gasteiger partial charge in [0.1, 0.15) is 5.54 Å². The van der Waals surface area contributed by atoms with Crippen molar-refractivity contribution in [2.24, 2.45) is 0 Å². The third kappa shape index (κ3) is 4.88. The van der Waals surface area contributed by atoms with Crippen molar-refractivity contribution >= 4 is 12.0 Å². The van der Waals surface area contributed by atoms with E-state index in [1.165, 1.54) is 0 Å². The van der Waals surface area contributed by atoms with Crippen molar-refractivity contribution in [3.63, 3.8) is 0 Å². The van der Waals surface area contributed by atoms with Crippen LogP contribution in [0.25, 0.3) is 0 Å². The highest BCUT2D eigenvalue weighted by atomic mass is 16.4. The number of nitrogens with one attached hydrogen (secondary N) is 2. The zero-order valence-electron chi connectivity index (χ0n) is 13.7. The number of urea groups is 1. The molecular formula is C15H29N3O3. The van der Waals surface area contributed by atoms with Gasteiger partial charge in [0.15, 0.2) is 0 Å². The second kappa shape index (κ2) is 7.11. The molecule has 1 aliphatic rings. The summed E-state index contributed by atoms with van der Waals surface area (Å²) in [6.07, 6.45) is 4.77. The van der Waals surface area contributed by atoms with Crippen LogP contribution in [0, 0.1) is 0 Å². The monoisotopic (exact) mass is 299 g/mol. The topological polar surface area (TPSA) is 81.7 Å². The Labute approximate surface area is 127 Å². The third-order valence-electron chi connectivity index (χ3n) is 4.61. The van der Waals surface area contributed by atoms with E-state index in [4.69, 9.17) is 0 Å². The minimum atomic E-state index is -1.11. The lowest BCUT2D eigenvalue weighted by Crippen LogP contribution is -2.59. The number of carbonyl (C=O) groups excluding carboxylic acids is 1. The Morgan fingerprint density at radius 3 is 2.10 bits per heavy atom. The molecule has 3 N–H and O–H groups in total. The summed E-state index contributed by atoms with van der Waals surface area (Å²) in [5, 5.41) is 15.0. The molecule has 0 aromatic heterocycles. The molecule has 1 fully saturated rings. The highest BCUT2D eigenvalue weighted by Gasteiger charge is 2.40. The van der Waals surface area contributed by atoms with Crippen LogP contribution in [-0.4, -0.2) is 53.7 Å². The van der Waals surface area contributed by atoms with Gasteiger partial charge in [0.25, 0.3) is 0 Å². The van der Waals surface area contributed by atoms with Gasteiger partial charge < -0.3 is 20.6 Å². The molecule has 0 aliphatic heterocycles. The summed E-state index contributed by atoms with van der Waals surface area (Å²) >= 11 is 0. The van der Waals surface area contributed by atoms with Crippen LogP contribution in [-0.2, 0) is 4.79 Å². The van der Waals surface area contributed by atoms with E-state index in [2.05, 4.69) is 10.6 Å². The van der Waals surface area contributed by atoms with Crippen molar-refractivity contribution in [3.8, 4) is 0 Å². The lowest BCUT2D eigenvalue weighted by atomic mass is 9.90. The van der Waals surface area contributed by atoms with E-state index in [0.29, 0.717) is 19.4 Å². The van der Waals surface area contributed by atoms with Gasteiger partial charge >= 0.3 is 12.0 Å². The van der Waals surface area contributed by atoms with Crippen LogP contribution in [0.4, 0.5) is 4.79 Å². The number of rotatable bonds is 5. The normalized spacial score (nSPS) is 18.9. The Bertz CT molecular complexity index is 372. The second-order valence-electron chi connectivity index (χ2n) is 6.82. The van der Waals surface area contributed by atoms with Gasteiger partial charge in [0.2, 0.25) is 0 Å². The molecule has 0 unspecified atom stereocenters. The molecule has 122 valence electrons. The summed E-state index contributed by atoms with van der Waals surface area (Å²) in [5.41, 5.74) is -1.29. The summed E-state index contributed by atoms with van der Waals surface area (Å²) in [6, 6.07) is -0.394. The quantitative estimate of drug-likeness (QED) is 0.676. The number of hydrogen-bond donors (Lipinski definition) is 3. The molecule has 0 radical (unpaired) electrons. The Balaban J connectivity index is 2.63. The van der Waals surface area contributed by atoms with Gasteiger partial charge in [-0.25, -0.2) is 9.59 Å². The predicted octanol–water partition coefficient (Wildman–Crippen LogP) is 1.80. The standard InChI is InChI=1S/C15H29N3O3/c1-14(2,18(3)4)11-16-13(21)17-15(12(19)20)9-7-5-6-8-10-15/h5-11H2,1-4H3,(H,19,20)(H2,16,17,21). The summed E-state index contributed by atoms with van der Waals surface area (Å²) in [7, 11) is 3.90. The van der Waals surface area contributed by atoms with E-state index < -0.39 is 17.5 Å². The minimum Gasteiger partial charge on any atom is -0.480 e. The van der Waals surface area contributed by atoms with Crippen LogP contribution >= 0.6 is 0 Å². The molecule has 1 aliphatic carbocycles. The first-order valence-corrected chi connectivity index (χ1v) is 7.66. The number of aliphatic carboxylic acids is 1. The van der Waals surface area contributed by atoms with Crippen molar-refractivity contribution in [1.82, 2.24) is 15.5 Å².